The molecule has 4 amide bonds. The van der Waals surface area contributed by atoms with Crippen molar-refractivity contribution in [2.45, 2.75) is 19.4 Å². The van der Waals surface area contributed by atoms with Gasteiger partial charge in [0.05, 0.1) is 12.1 Å². The molecule has 1 atom stereocenters. The summed E-state index contributed by atoms with van der Waals surface area (Å²) in [7, 11) is 0. The standard InChI is InChI=1S/C15H14N4O3S/c1-8-12(9-5-3-2-4-6-9)18-15(23-8)17-11(20)7-10-13(21)19-14(22)16-10/h2-6,10H,7H2,1H3,(H,17,18,20)(H2,16,19,21,22)/t10-/m1/s1. The lowest BCUT2D eigenvalue weighted by molar-refractivity contribution is -0.124. The third-order valence-corrected chi connectivity index (χ3v) is 4.22. The van der Waals surface area contributed by atoms with Crippen LogP contribution in [0, 0.1) is 6.92 Å². The molecule has 118 valence electrons. The Labute approximate surface area is 136 Å². The van der Waals surface area contributed by atoms with Crippen LogP contribution in [0.3, 0.4) is 0 Å². The highest BCUT2D eigenvalue weighted by atomic mass is 32.1. The van der Waals surface area contributed by atoms with E-state index in [1.807, 2.05) is 37.3 Å². The lowest BCUT2D eigenvalue weighted by Crippen LogP contribution is -2.33. The predicted octanol–water partition coefficient (Wildman–Crippen LogP) is 1.66. The Morgan fingerprint density at radius 3 is 2.70 bits per heavy atom. The zero-order chi connectivity index (χ0) is 16.4. The molecule has 0 saturated carbocycles. The Hall–Kier alpha value is -2.74. The lowest BCUT2D eigenvalue weighted by Gasteiger charge is -2.06. The van der Waals surface area contributed by atoms with Crippen LogP contribution < -0.4 is 16.0 Å². The monoisotopic (exact) mass is 330 g/mol. The molecule has 1 fully saturated rings. The molecule has 1 saturated heterocycles. The number of aromatic nitrogens is 1. The summed E-state index contributed by atoms with van der Waals surface area (Å²) < 4.78 is 0. The highest BCUT2D eigenvalue weighted by Gasteiger charge is 2.31. The molecule has 0 unspecified atom stereocenters. The maximum absolute atomic E-state index is 12.0. The fourth-order valence-corrected chi connectivity index (χ4v) is 3.12. The first kappa shape index (κ1) is 15.2. The van der Waals surface area contributed by atoms with E-state index in [0.717, 1.165) is 16.1 Å². The third kappa shape index (κ3) is 3.37. The molecule has 2 aromatic rings. The van der Waals surface area contributed by atoms with Gasteiger partial charge in [-0.1, -0.05) is 30.3 Å². The van der Waals surface area contributed by atoms with Crippen LogP contribution >= 0.6 is 11.3 Å². The van der Waals surface area contributed by atoms with Crippen molar-refractivity contribution in [2.75, 3.05) is 5.32 Å². The van der Waals surface area contributed by atoms with Crippen molar-refractivity contribution in [3.8, 4) is 11.3 Å². The molecule has 1 aromatic carbocycles. The first-order chi connectivity index (χ1) is 11.0. The molecule has 0 bridgehead atoms. The number of carbonyl (C=O) groups excluding carboxylic acids is 3. The van der Waals surface area contributed by atoms with Gasteiger partial charge >= 0.3 is 6.03 Å². The van der Waals surface area contributed by atoms with E-state index in [4.69, 9.17) is 0 Å². The summed E-state index contributed by atoms with van der Waals surface area (Å²) in [6, 6.07) is 8.26. The molecule has 0 aliphatic carbocycles. The smallest absolute Gasteiger partial charge is 0.322 e. The minimum absolute atomic E-state index is 0.128. The van der Waals surface area contributed by atoms with Crippen molar-refractivity contribution >= 4 is 34.3 Å². The van der Waals surface area contributed by atoms with Gasteiger partial charge in [0.25, 0.3) is 5.91 Å². The summed E-state index contributed by atoms with van der Waals surface area (Å²) in [5.74, 6) is -0.869. The second kappa shape index (κ2) is 6.17. The third-order valence-electron chi connectivity index (χ3n) is 3.34. The highest BCUT2D eigenvalue weighted by Crippen LogP contribution is 2.30. The van der Waals surface area contributed by atoms with Gasteiger partial charge in [-0.05, 0) is 6.92 Å². The zero-order valence-corrected chi connectivity index (χ0v) is 13.1. The van der Waals surface area contributed by atoms with E-state index in [1.165, 1.54) is 11.3 Å². The molecular weight excluding hydrogens is 316 g/mol. The molecule has 3 N–H and O–H groups in total. The fraction of sp³-hybridized carbons (Fsp3) is 0.200. The lowest BCUT2D eigenvalue weighted by atomic mass is 10.1. The number of nitrogens with zero attached hydrogens (tertiary/aromatic N) is 1. The Morgan fingerprint density at radius 2 is 2.04 bits per heavy atom. The van der Waals surface area contributed by atoms with Crippen LogP contribution in [0.4, 0.5) is 9.93 Å². The molecule has 1 aliphatic heterocycles. The SMILES string of the molecule is Cc1sc(NC(=O)C[C@H]2NC(=O)NC2=O)nc1-c1ccccc1. The van der Waals surface area contributed by atoms with E-state index in [2.05, 4.69) is 20.9 Å². The van der Waals surface area contributed by atoms with Gasteiger partial charge in [-0.2, -0.15) is 0 Å². The minimum Gasteiger partial charge on any atom is -0.325 e. The normalized spacial score (nSPS) is 16.8. The van der Waals surface area contributed by atoms with E-state index >= 15 is 0 Å². The fourth-order valence-electron chi connectivity index (χ4n) is 2.27. The number of aryl methyl sites for hydroxylation is 1. The van der Waals surface area contributed by atoms with Gasteiger partial charge in [-0.15, -0.1) is 11.3 Å². The first-order valence-electron chi connectivity index (χ1n) is 6.97. The van der Waals surface area contributed by atoms with Crippen molar-refractivity contribution in [1.29, 1.82) is 0 Å². The number of benzene rings is 1. The van der Waals surface area contributed by atoms with Crippen LogP contribution in [-0.2, 0) is 9.59 Å². The van der Waals surface area contributed by atoms with Gasteiger partial charge in [0.2, 0.25) is 5.91 Å². The molecule has 8 heteroatoms. The van der Waals surface area contributed by atoms with Crippen LogP contribution in [0.15, 0.2) is 30.3 Å². The van der Waals surface area contributed by atoms with Crippen molar-refractivity contribution < 1.29 is 14.4 Å². The topological polar surface area (TPSA) is 100 Å². The van der Waals surface area contributed by atoms with Gasteiger partial charge < -0.3 is 10.6 Å². The van der Waals surface area contributed by atoms with Crippen molar-refractivity contribution in [3.63, 3.8) is 0 Å². The van der Waals surface area contributed by atoms with Crippen LogP contribution in [0.2, 0.25) is 0 Å². The second-order valence-corrected chi connectivity index (χ2v) is 6.26. The van der Waals surface area contributed by atoms with Gasteiger partial charge in [0.15, 0.2) is 5.13 Å². The number of imide groups is 1. The second-order valence-electron chi connectivity index (χ2n) is 5.06. The number of thiazole rings is 1. The highest BCUT2D eigenvalue weighted by molar-refractivity contribution is 7.16. The van der Waals surface area contributed by atoms with E-state index in [1.54, 1.807) is 0 Å². The molecule has 23 heavy (non-hydrogen) atoms. The summed E-state index contributed by atoms with van der Waals surface area (Å²) in [6.45, 7) is 1.93. The minimum atomic E-state index is -0.836. The molecule has 3 rings (SSSR count). The summed E-state index contributed by atoms with van der Waals surface area (Å²) in [6.07, 6.45) is -0.128. The van der Waals surface area contributed by atoms with Crippen molar-refractivity contribution in [3.05, 3.63) is 35.2 Å². The maximum Gasteiger partial charge on any atom is 0.322 e. The number of anilines is 1. The van der Waals surface area contributed by atoms with Crippen molar-refractivity contribution in [1.82, 2.24) is 15.6 Å². The number of hydrogen-bond donors (Lipinski definition) is 3. The van der Waals surface area contributed by atoms with Crippen LogP contribution in [0.25, 0.3) is 11.3 Å². The van der Waals surface area contributed by atoms with E-state index < -0.39 is 18.0 Å². The molecular formula is C15H14N4O3S. The number of carbonyl (C=O) groups is 3. The molecule has 0 radical (unpaired) electrons. The summed E-state index contributed by atoms with van der Waals surface area (Å²) in [5, 5.41) is 7.62. The Kier molecular flexibility index (Phi) is 4.07. The van der Waals surface area contributed by atoms with Crippen LogP contribution in [0.1, 0.15) is 11.3 Å². The average molecular weight is 330 g/mol. The number of rotatable bonds is 4. The van der Waals surface area contributed by atoms with E-state index in [9.17, 15) is 14.4 Å². The van der Waals surface area contributed by atoms with E-state index in [0.29, 0.717) is 5.13 Å². The Bertz CT molecular complexity index is 772. The summed E-state index contributed by atoms with van der Waals surface area (Å²) in [5.41, 5.74) is 1.79. The number of amides is 4. The number of nitrogens with one attached hydrogen (secondary N) is 3. The Balaban J connectivity index is 1.68. The van der Waals surface area contributed by atoms with Gasteiger partial charge in [-0.3, -0.25) is 14.9 Å². The quantitative estimate of drug-likeness (QED) is 0.742. The van der Waals surface area contributed by atoms with Gasteiger partial charge in [0, 0.05) is 10.4 Å². The van der Waals surface area contributed by atoms with Gasteiger partial charge in [0.1, 0.15) is 6.04 Å². The average Bonchev–Trinajstić information content (AvgIpc) is 3.02. The van der Waals surface area contributed by atoms with Gasteiger partial charge in [-0.25, -0.2) is 9.78 Å². The molecule has 1 aliphatic rings. The predicted molar refractivity (Wildman–Crippen MR) is 86.0 cm³/mol. The zero-order valence-electron chi connectivity index (χ0n) is 12.3. The summed E-state index contributed by atoms with van der Waals surface area (Å²) >= 11 is 1.37. The number of hydrogen-bond acceptors (Lipinski definition) is 5. The molecule has 1 aromatic heterocycles. The maximum atomic E-state index is 12.0. The number of urea groups is 1. The van der Waals surface area contributed by atoms with E-state index in [-0.39, 0.29) is 12.3 Å². The molecule has 0 spiro atoms. The summed E-state index contributed by atoms with van der Waals surface area (Å²) in [4.78, 5) is 39.9. The molecule has 2 heterocycles. The Morgan fingerprint density at radius 1 is 1.30 bits per heavy atom. The van der Waals surface area contributed by atoms with Crippen molar-refractivity contribution in [2.24, 2.45) is 0 Å². The van der Waals surface area contributed by atoms with Crippen LogP contribution in [0.5, 0.6) is 0 Å². The largest absolute Gasteiger partial charge is 0.325 e. The van der Waals surface area contributed by atoms with Crippen LogP contribution in [-0.4, -0.2) is 28.9 Å². The first-order valence-corrected chi connectivity index (χ1v) is 7.78. The molecule has 7 nitrogen and oxygen atoms in total.